The number of aryl methyl sites for hydroxylation is 1. The highest BCUT2D eigenvalue weighted by molar-refractivity contribution is 5.83. The smallest absolute Gasteiger partial charge is 0.154 e. The summed E-state index contributed by atoms with van der Waals surface area (Å²) in [4.78, 5) is 11.1. The average Bonchev–Trinajstić information content (AvgIpc) is 2.35. The molecular weight excluding hydrogens is 228 g/mol. The second-order valence-electron chi connectivity index (χ2n) is 4.58. The lowest BCUT2D eigenvalue weighted by Crippen LogP contribution is -1.98. The fourth-order valence-electron chi connectivity index (χ4n) is 2.19. The molecule has 0 heterocycles. The number of aromatic hydroxyl groups is 2. The number of hydrogen-bond donors (Lipinski definition) is 2. The van der Waals surface area contributed by atoms with Crippen LogP contribution < -0.4 is 0 Å². The standard InChI is InChI=1S/C15H22O3/c1-3-5-6-7-8-11-9-14(17)12(4-2)15(18)13(11)10-16/h9-10,17-18H,3-8H2,1-2H3. The number of phenolic OH excluding ortho intramolecular Hbond substituents is 2. The third kappa shape index (κ3) is 3.25. The maximum atomic E-state index is 11.1. The van der Waals surface area contributed by atoms with E-state index in [1.54, 1.807) is 6.07 Å². The molecule has 1 rings (SSSR count). The Morgan fingerprint density at radius 1 is 1.17 bits per heavy atom. The Kier molecular flexibility index (Phi) is 5.69. The number of aldehydes is 1. The van der Waals surface area contributed by atoms with E-state index in [9.17, 15) is 15.0 Å². The van der Waals surface area contributed by atoms with E-state index in [0.29, 0.717) is 23.8 Å². The molecule has 3 heteroatoms. The van der Waals surface area contributed by atoms with Gasteiger partial charge >= 0.3 is 0 Å². The minimum absolute atomic E-state index is 0.0574. The van der Waals surface area contributed by atoms with Gasteiger partial charge in [0, 0.05) is 5.56 Å². The Bertz CT molecular complexity index is 411. The number of carbonyl (C=O) groups is 1. The summed E-state index contributed by atoms with van der Waals surface area (Å²) in [5.74, 6) is 0.0316. The normalized spacial score (nSPS) is 10.6. The molecule has 2 N–H and O–H groups in total. The molecule has 0 atom stereocenters. The van der Waals surface area contributed by atoms with Gasteiger partial charge in [-0.2, -0.15) is 0 Å². The van der Waals surface area contributed by atoms with Gasteiger partial charge in [0.15, 0.2) is 6.29 Å². The zero-order chi connectivity index (χ0) is 13.5. The predicted molar refractivity (Wildman–Crippen MR) is 72.4 cm³/mol. The molecule has 1 aromatic carbocycles. The van der Waals surface area contributed by atoms with E-state index in [1.807, 2.05) is 6.92 Å². The summed E-state index contributed by atoms with van der Waals surface area (Å²) in [6, 6.07) is 1.62. The summed E-state index contributed by atoms with van der Waals surface area (Å²) in [6.07, 6.45) is 6.31. The van der Waals surface area contributed by atoms with Crippen LogP contribution in [0.4, 0.5) is 0 Å². The second kappa shape index (κ2) is 7.04. The number of unbranched alkanes of at least 4 members (excludes halogenated alkanes) is 3. The van der Waals surface area contributed by atoms with Gasteiger partial charge in [-0.25, -0.2) is 0 Å². The maximum Gasteiger partial charge on any atom is 0.154 e. The fraction of sp³-hybridized carbons (Fsp3) is 0.533. The third-order valence-corrected chi connectivity index (χ3v) is 3.28. The van der Waals surface area contributed by atoms with Crippen LogP contribution >= 0.6 is 0 Å². The Labute approximate surface area is 108 Å². The van der Waals surface area contributed by atoms with Gasteiger partial charge in [-0.15, -0.1) is 0 Å². The number of carbonyl (C=O) groups excluding carboxylic acids is 1. The third-order valence-electron chi connectivity index (χ3n) is 3.28. The minimum Gasteiger partial charge on any atom is -0.508 e. The summed E-state index contributed by atoms with van der Waals surface area (Å²) in [5, 5.41) is 19.8. The molecule has 0 fully saturated rings. The van der Waals surface area contributed by atoms with Gasteiger partial charge in [-0.05, 0) is 30.9 Å². The molecule has 100 valence electrons. The molecule has 0 aliphatic carbocycles. The first-order valence-corrected chi connectivity index (χ1v) is 6.67. The monoisotopic (exact) mass is 250 g/mol. The SMILES string of the molecule is CCCCCCc1cc(O)c(CC)c(O)c1C=O. The number of rotatable bonds is 7. The average molecular weight is 250 g/mol. The van der Waals surface area contributed by atoms with Gasteiger partial charge in [0.25, 0.3) is 0 Å². The van der Waals surface area contributed by atoms with Crippen molar-refractivity contribution in [3.63, 3.8) is 0 Å². The van der Waals surface area contributed by atoms with E-state index in [1.165, 1.54) is 6.42 Å². The van der Waals surface area contributed by atoms with E-state index in [4.69, 9.17) is 0 Å². The van der Waals surface area contributed by atoms with Crippen LogP contribution in [0.15, 0.2) is 6.07 Å². The van der Waals surface area contributed by atoms with E-state index in [0.717, 1.165) is 31.2 Å². The Balaban J connectivity index is 2.94. The lowest BCUT2D eigenvalue weighted by molar-refractivity contribution is 0.112. The van der Waals surface area contributed by atoms with E-state index < -0.39 is 0 Å². The number of hydrogen-bond acceptors (Lipinski definition) is 3. The lowest BCUT2D eigenvalue weighted by Gasteiger charge is -2.12. The minimum atomic E-state index is -0.0574. The predicted octanol–water partition coefficient (Wildman–Crippen LogP) is 3.60. The van der Waals surface area contributed by atoms with Crippen molar-refractivity contribution in [2.24, 2.45) is 0 Å². The molecule has 0 radical (unpaired) electrons. The van der Waals surface area contributed by atoms with Gasteiger partial charge in [-0.3, -0.25) is 4.79 Å². The highest BCUT2D eigenvalue weighted by Crippen LogP contribution is 2.33. The maximum absolute atomic E-state index is 11.1. The molecule has 0 amide bonds. The summed E-state index contributed by atoms with van der Waals surface area (Å²) in [5.41, 5.74) is 1.53. The zero-order valence-corrected chi connectivity index (χ0v) is 11.2. The van der Waals surface area contributed by atoms with Gasteiger partial charge < -0.3 is 10.2 Å². The molecule has 0 unspecified atom stereocenters. The van der Waals surface area contributed by atoms with Gasteiger partial charge in [0.05, 0.1) is 5.56 Å². The molecule has 3 nitrogen and oxygen atoms in total. The van der Waals surface area contributed by atoms with E-state index >= 15 is 0 Å². The van der Waals surface area contributed by atoms with E-state index in [-0.39, 0.29) is 11.5 Å². The molecule has 0 saturated heterocycles. The lowest BCUT2D eigenvalue weighted by atomic mass is 9.96. The van der Waals surface area contributed by atoms with Crippen molar-refractivity contribution in [3.05, 3.63) is 22.8 Å². The Morgan fingerprint density at radius 2 is 1.89 bits per heavy atom. The van der Waals surface area contributed by atoms with Crippen LogP contribution in [0.1, 0.15) is 61.0 Å². The molecule has 0 saturated carbocycles. The molecule has 0 aliphatic heterocycles. The Morgan fingerprint density at radius 3 is 2.44 bits per heavy atom. The molecule has 0 spiro atoms. The zero-order valence-electron chi connectivity index (χ0n) is 11.2. The van der Waals surface area contributed by atoms with Crippen molar-refractivity contribution in [2.75, 3.05) is 0 Å². The van der Waals surface area contributed by atoms with Crippen molar-refractivity contribution in [1.82, 2.24) is 0 Å². The molecule has 0 bridgehead atoms. The largest absolute Gasteiger partial charge is 0.508 e. The van der Waals surface area contributed by atoms with Crippen LogP contribution in [-0.2, 0) is 12.8 Å². The van der Waals surface area contributed by atoms with Crippen molar-refractivity contribution >= 4 is 6.29 Å². The van der Waals surface area contributed by atoms with E-state index in [2.05, 4.69) is 6.92 Å². The fourth-order valence-corrected chi connectivity index (χ4v) is 2.19. The van der Waals surface area contributed by atoms with Gasteiger partial charge in [0.1, 0.15) is 11.5 Å². The van der Waals surface area contributed by atoms with Crippen molar-refractivity contribution in [1.29, 1.82) is 0 Å². The molecule has 0 aromatic heterocycles. The quantitative estimate of drug-likeness (QED) is 0.574. The van der Waals surface area contributed by atoms with Crippen LogP contribution in [0.5, 0.6) is 11.5 Å². The van der Waals surface area contributed by atoms with Crippen molar-refractivity contribution in [3.8, 4) is 11.5 Å². The van der Waals surface area contributed by atoms with Crippen LogP contribution in [0.25, 0.3) is 0 Å². The number of phenols is 2. The first-order valence-electron chi connectivity index (χ1n) is 6.67. The first kappa shape index (κ1) is 14.6. The summed E-state index contributed by atoms with van der Waals surface area (Å²) < 4.78 is 0. The van der Waals surface area contributed by atoms with Gasteiger partial charge in [0.2, 0.25) is 0 Å². The molecule has 1 aromatic rings. The van der Waals surface area contributed by atoms with Crippen molar-refractivity contribution in [2.45, 2.75) is 52.4 Å². The first-order chi connectivity index (χ1) is 8.65. The highest BCUT2D eigenvalue weighted by Gasteiger charge is 2.15. The highest BCUT2D eigenvalue weighted by atomic mass is 16.3. The molecule has 0 aliphatic rings. The number of benzene rings is 1. The van der Waals surface area contributed by atoms with Crippen LogP contribution in [0.3, 0.4) is 0 Å². The van der Waals surface area contributed by atoms with Gasteiger partial charge in [-0.1, -0.05) is 33.1 Å². The van der Waals surface area contributed by atoms with Crippen LogP contribution in [0.2, 0.25) is 0 Å². The summed E-state index contributed by atoms with van der Waals surface area (Å²) in [7, 11) is 0. The van der Waals surface area contributed by atoms with Crippen LogP contribution in [-0.4, -0.2) is 16.5 Å². The summed E-state index contributed by atoms with van der Waals surface area (Å²) in [6.45, 7) is 3.98. The molecule has 18 heavy (non-hydrogen) atoms. The molecular formula is C15H22O3. The Hall–Kier alpha value is -1.51. The topological polar surface area (TPSA) is 57.5 Å². The van der Waals surface area contributed by atoms with Crippen LogP contribution in [0, 0.1) is 0 Å². The van der Waals surface area contributed by atoms with Crippen molar-refractivity contribution < 1.29 is 15.0 Å². The second-order valence-corrected chi connectivity index (χ2v) is 4.58. The summed E-state index contributed by atoms with van der Waals surface area (Å²) >= 11 is 0.